The zero-order valence-electron chi connectivity index (χ0n) is 16.8. The molecule has 0 saturated carbocycles. The molecule has 1 aliphatic heterocycles. The van der Waals surface area contributed by atoms with E-state index in [9.17, 15) is 18.0 Å². The molecule has 30 heavy (non-hydrogen) atoms. The van der Waals surface area contributed by atoms with Gasteiger partial charge in [-0.15, -0.1) is 0 Å². The SMILES string of the molecule is COC(=O)/C1=C/NCCc2cc(OC)c(OC)cc2C1c1ccc(C(F)(F)F)cc1. The van der Waals surface area contributed by atoms with Crippen LogP contribution in [0.4, 0.5) is 13.2 Å². The monoisotopic (exact) mass is 421 g/mol. The molecule has 0 bridgehead atoms. The van der Waals surface area contributed by atoms with Crippen LogP contribution in [0, 0.1) is 0 Å². The lowest BCUT2D eigenvalue weighted by Crippen LogP contribution is -2.24. The number of carbonyl (C=O) groups excluding carboxylic acids is 1. The quantitative estimate of drug-likeness (QED) is 0.755. The van der Waals surface area contributed by atoms with E-state index in [0.29, 0.717) is 30.0 Å². The Morgan fingerprint density at radius 1 is 1.03 bits per heavy atom. The molecule has 0 aliphatic carbocycles. The molecule has 1 heterocycles. The first-order valence-electron chi connectivity index (χ1n) is 9.23. The number of halogens is 3. The summed E-state index contributed by atoms with van der Waals surface area (Å²) in [5.41, 5.74) is 1.68. The highest BCUT2D eigenvalue weighted by atomic mass is 19.4. The minimum absolute atomic E-state index is 0.283. The molecule has 0 fully saturated rings. The van der Waals surface area contributed by atoms with Gasteiger partial charge in [0.25, 0.3) is 0 Å². The van der Waals surface area contributed by atoms with Gasteiger partial charge in [-0.2, -0.15) is 13.2 Å². The number of ether oxygens (including phenoxy) is 3. The van der Waals surface area contributed by atoms with E-state index < -0.39 is 23.6 Å². The van der Waals surface area contributed by atoms with Gasteiger partial charge in [0, 0.05) is 18.7 Å². The molecule has 5 nitrogen and oxygen atoms in total. The van der Waals surface area contributed by atoms with Gasteiger partial charge in [0.15, 0.2) is 11.5 Å². The van der Waals surface area contributed by atoms with Gasteiger partial charge in [-0.05, 0) is 47.4 Å². The number of alkyl halides is 3. The minimum atomic E-state index is -4.45. The van der Waals surface area contributed by atoms with E-state index in [4.69, 9.17) is 14.2 Å². The molecule has 1 N–H and O–H groups in total. The summed E-state index contributed by atoms with van der Waals surface area (Å²) in [4.78, 5) is 12.6. The number of nitrogens with one attached hydrogen (secondary N) is 1. The van der Waals surface area contributed by atoms with Gasteiger partial charge < -0.3 is 19.5 Å². The molecule has 1 aliphatic rings. The lowest BCUT2D eigenvalue weighted by Gasteiger charge is -2.26. The first-order chi connectivity index (χ1) is 14.3. The van der Waals surface area contributed by atoms with Crippen molar-refractivity contribution >= 4 is 5.97 Å². The zero-order valence-corrected chi connectivity index (χ0v) is 16.8. The summed E-state index contributed by atoms with van der Waals surface area (Å²) < 4.78 is 54.9. The van der Waals surface area contributed by atoms with Gasteiger partial charge in [-0.1, -0.05) is 12.1 Å². The standard InChI is InChI=1S/C22H22F3NO4/c1-28-18-10-14-8-9-26-12-17(21(27)30-3)20(16(14)11-19(18)29-2)13-4-6-15(7-5-13)22(23,24)25/h4-7,10-12,20,26H,8-9H2,1-3H3/b17-12+. The molecular weight excluding hydrogens is 399 g/mol. The number of fused-ring (bicyclic) bond motifs is 1. The van der Waals surface area contributed by atoms with Crippen molar-refractivity contribution in [3.05, 3.63) is 70.4 Å². The van der Waals surface area contributed by atoms with Crippen molar-refractivity contribution in [2.24, 2.45) is 0 Å². The summed E-state index contributed by atoms with van der Waals surface area (Å²) in [6, 6.07) is 8.37. The van der Waals surface area contributed by atoms with E-state index in [0.717, 1.165) is 23.3 Å². The lowest BCUT2D eigenvalue weighted by atomic mass is 9.81. The Labute approximate surface area is 172 Å². The number of hydrogen-bond acceptors (Lipinski definition) is 5. The summed E-state index contributed by atoms with van der Waals surface area (Å²) in [6.07, 6.45) is -2.26. The number of methoxy groups -OCH3 is 3. The molecule has 0 aromatic heterocycles. The van der Waals surface area contributed by atoms with Crippen LogP contribution >= 0.6 is 0 Å². The van der Waals surface area contributed by atoms with Crippen molar-refractivity contribution in [3.63, 3.8) is 0 Å². The van der Waals surface area contributed by atoms with Crippen molar-refractivity contribution < 1.29 is 32.2 Å². The highest BCUT2D eigenvalue weighted by molar-refractivity contribution is 5.91. The molecule has 1 unspecified atom stereocenters. The maximum Gasteiger partial charge on any atom is 0.416 e. The third kappa shape index (κ3) is 4.22. The third-order valence-electron chi connectivity index (χ3n) is 5.06. The topological polar surface area (TPSA) is 56.8 Å². The highest BCUT2D eigenvalue weighted by Gasteiger charge is 2.33. The Morgan fingerprint density at radius 2 is 1.67 bits per heavy atom. The molecule has 2 aromatic rings. The third-order valence-corrected chi connectivity index (χ3v) is 5.06. The summed E-state index contributed by atoms with van der Waals surface area (Å²) >= 11 is 0. The zero-order chi connectivity index (χ0) is 21.9. The minimum Gasteiger partial charge on any atom is -0.493 e. The van der Waals surface area contributed by atoms with Crippen LogP contribution in [-0.2, 0) is 22.1 Å². The number of benzene rings is 2. The second-order valence-electron chi connectivity index (χ2n) is 6.75. The smallest absolute Gasteiger partial charge is 0.416 e. The van der Waals surface area contributed by atoms with Crippen LogP contribution < -0.4 is 14.8 Å². The Bertz CT molecular complexity index is 952. The second kappa shape index (κ2) is 8.69. The van der Waals surface area contributed by atoms with E-state index >= 15 is 0 Å². The lowest BCUT2D eigenvalue weighted by molar-refractivity contribution is -0.138. The molecule has 1 atom stereocenters. The van der Waals surface area contributed by atoms with Crippen LogP contribution in [0.25, 0.3) is 0 Å². The van der Waals surface area contributed by atoms with Crippen LogP contribution in [0.3, 0.4) is 0 Å². The van der Waals surface area contributed by atoms with Gasteiger partial charge in [0.2, 0.25) is 0 Å². The average Bonchev–Trinajstić information content (AvgIpc) is 2.72. The summed E-state index contributed by atoms with van der Waals surface area (Å²) in [5.74, 6) is -0.227. The van der Waals surface area contributed by atoms with Crippen molar-refractivity contribution in [1.82, 2.24) is 5.32 Å². The Morgan fingerprint density at radius 3 is 2.23 bits per heavy atom. The maximum absolute atomic E-state index is 13.0. The van der Waals surface area contributed by atoms with Crippen molar-refractivity contribution in [1.29, 1.82) is 0 Å². The summed E-state index contributed by atoms with van der Waals surface area (Å²) in [6.45, 7) is 0.558. The second-order valence-corrected chi connectivity index (χ2v) is 6.75. The highest BCUT2D eigenvalue weighted by Crippen LogP contribution is 2.41. The molecule has 0 amide bonds. The molecule has 2 aromatic carbocycles. The Kier molecular flexibility index (Phi) is 6.24. The van der Waals surface area contributed by atoms with Crippen LogP contribution in [0.5, 0.6) is 11.5 Å². The average molecular weight is 421 g/mol. The van der Waals surface area contributed by atoms with Crippen LogP contribution in [0.1, 0.15) is 28.2 Å². The number of hydrogen-bond donors (Lipinski definition) is 1. The maximum atomic E-state index is 13.0. The largest absolute Gasteiger partial charge is 0.493 e. The summed E-state index contributed by atoms with van der Waals surface area (Å²) in [5, 5.41) is 3.08. The normalized spacial score (nSPS) is 18.1. The van der Waals surface area contributed by atoms with Gasteiger partial charge in [0.1, 0.15) is 0 Å². The van der Waals surface area contributed by atoms with E-state index in [2.05, 4.69) is 5.32 Å². The van der Waals surface area contributed by atoms with E-state index in [1.807, 2.05) is 6.07 Å². The fourth-order valence-corrected chi connectivity index (χ4v) is 3.58. The van der Waals surface area contributed by atoms with Gasteiger partial charge >= 0.3 is 12.1 Å². The van der Waals surface area contributed by atoms with Crippen LogP contribution in [0.15, 0.2) is 48.2 Å². The number of esters is 1. The van der Waals surface area contributed by atoms with E-state index in [-0.39, 0.29) is 5.57 Å². The van der Waals surface area contributed by atoms with E-state index in [1.165, 1.54) is 33.5 Å². The van der Waals surface area contributed by atoms with Gasteiger partial charge in [-0.25, -0.2) is 4.79 Å². The molecule has 3 rings (SSSR count). The van der Waals surface area contributed by atoms with Gasteiger partial charge in [0.05, 0.1) is 32.5 Å². The van der Waals surface area contributed by atoms with Crippen molar-refractivity contribution in [2.45, 2.75) is 18.5 Å². The molecule has 0 saturated heterocycles. The van der Waals surface area contributed by atoms with Crippen LogP contribution in [-0.4, -0.2) is 33.8 Å². The molecule has 8 heteroatoms. The fourth-order valence-electron chi connectivity index (χ4n) is 3.58. The van der Waals surface area contributed by atoms with Crippen molar-refractivity contribution in [3.8, 4) is 11.5 Å². The fraction of sp³-hybridized carbons (Fsp3) is 0.318. The molecule has 0 radical (unpaired) electrons. The van der Waals surface area contributed by atoms with Gasteiger partial charge in [-0.3, -0.25) is 0 Å². The summed E-state index contributed by atoms with van der Waals surface area (Å²) in [7, 11) is 4.29. The molecule has 0 spiro atoms. The van der Waals surface area contributed by atoms with E-state index in [1.54, 1.807) is 12.3 Å². The first-order valence-corrected chi connectivity index (χ1v) is 9.23. The van der Waals surface area contributed by atoms with Crippen molar-refractivity contribution in [2.75, 3.05) is 27.9 Å². The molecule has 160 valence electrons. The van der Waals surface area contributed by atoms with Crippen LogP contribution in [0.2, 0.25) is 0 Å². The predicted molar refractivity (Wildman–Crippen MR) is 105 cm³/mol. The Hall–Kier alpha value is -3.16. The molecular formula is C22H22F3NO4. The predicted octanol–water partition coefficient (Wildman–Crippen LogP) is 4.06. The Balaban J connectivity index is 2.23. The number of rotatable bonds is 4. The first kappa shape index (κ1) is 21.5. The number of carbonyl (C=O) groups is 1.